The summed E-state index contributed by atoms with van der Waals surface area (Å²) in [5.74, 6) is -0.487. The van der Waals surface area contributed by atoms with Gasteiger partial charge < -0.3 is 29.7 Å². The van der Waals surface area contributed by atoms with Gasteiger partial charge in [0.15, 0.2) is 6.29 Å². The number of carbonyl (C=O) groups excluding carboxylic acids is 2. The van der Waals surface area contributed by atoms with Crippen molar-refractivity contribution in [2.45, 2.75) is 44.2 Å². The molecule has 0 aromatic heterocycles. The maximum absolute atomic E-state index is 12.8. The van der Waals surface area contributed by atoms with Crippen LogP contribution in [0.25, 0.3) is 0 Å². The largest absolute Gasteiger partial charge is 0.508 e. The van der Waals surface area contributed by atoms with Gasteiger partial charge in [0.05, 0.1) is 42.6 Å². The minimum absolute atomic E-state index is 0.0421. The number of hydrogen-bond donors (Lipinski definition) is 3. The van der Waals surface area contributed by atoms with Crippen molar-refractivity contribution in [2.75, 3.05) is 20.1 Å². The standard InChI is InChI=1S/C36H36N2O7/c1-37(21-32(41)27-5-4-6-28(40)17-27)20-29-18-33(25-13-11-24(22-39)12-14-25)45-36(44-29)26-15-9-23(10-16-26)19-38-34(42)30-7-2-3-8-31(30)35(38)43/h2-17,29,32-33,36,39-41H,18-22H2,1H3. The minimum Gasteiger partial charge on any atom is -0.508 e. The van der Waals surface area contributed by atoms with Gasteiger partial charge in [-0.15, -0.1) is 0 Å². The highest BCUT2D eigenvalue weighted by molar-refractivity contribution is 6.21. The lowest BCUT2D eigenvalue weighted by Crippen LogP contribution is -2.39. The first-order valence-electron chi connectivity index (χ1n) is 15.0. The SMILES string of the molecule is CN(CC1CC(c2ccc(CO)cc2)OC(c2ccc(CN3C(=O)c4ccccc4C3=O)cc2)O1)CC(O)c1cccc(O)c1. The zero-order valence-corrected chi connectivity index (χ0v) is 25.0. The summed E-state index contributed by atoms with van der Waals surface area (Å²) >= 11 is 0. The van der Waals surface area contributed by atoms with E-state index in [-0.39, 0.29) is 42.9 Å². The molecule has 4 unspecified atom stereocenters. The van der Waals surface area contributed by atoms with E-state index in [9.17, 15) is 24.9 Å². The maximum Gasteiger partial charge on any atom is 0.261 e. The van der Waals surface area contributed by atoms with Gasteiger partial charge in [0, 0.05) is 25.1 Å². The summed E-state index contributed by atoms with van der Waals surface area (Å²) in [6.07, 6.45) is -1.38. The number of aliphatic hydroxyl groups excluding tert-OH is 2. The average molecular weight is 609 g/mol. The fourth-order valence-corrected chi connectivity index (χ4v) is 5.93. The Labute approximate surface area is 261 Å². The molecular formula is C36H36N2O7. The molecule has 6 rings (SSSR count). The van der Waals surface area contributed by atoms with Crippen LogP contribution in [-0.4, -0.2) is 63.2 Å². The van der Waals surface area contributed by atoms with E-state index in [1.807, 2.05) is 60.5 Å². The van der Waals surface area contributed by atoms with Gasteiger partial charge in [-0.2, -0.15) is 0 Å². The molecule has 0 radical (unpaired) electrons. The molecule has 2 aliphatic rings. The minimum atomic E-state index is -0.783. The van der Waals surface area contributed by atoms with Crippen molar-refractivity contribution >= 4 is 11.8 Å². The first-order valence-corrected chi connectivity index (χ1v) is 15.0. The fraction of sp³-hybridized carbons (Fsp3) is 0.278. The molecule has 3 N–H and O–H groups in total. The Morgan fingerprint density at radius 3 is 2.13 bits per heavy atom. The Morgan fingerprint density at radius 2 is 1.49 bits per heavy atom. The van der Waals surface area contributed by atoms with E-state index in [0.717, 1.165) is 22.3 Å². The number of phenolic OH excluding ortho intramolecular Hbond substituents is 1. The number of rotatable bonds is 10. The van der Waals surface area contributed by atoms with Gasteiger partial charge >= 0.3 is 0 Å². The number of aliphatic hydroxyl groups is 2. The molecule has 4 atom stereocenters. The quantitative estimate of drug-likeness (QED) is 0.218. The molecule has 0 spiro atoms. The van der Waals surface area contributed by atoms with E-state index in [0.29, 0.717) is 36.2 Å². The Morgan fingerprint density at radius 1 is 0.844 bits per heavy atom. The monoisotopic (exact) mass is 608 g/mol. The number of amides is 2. The molecule has 1 saturated heterocycles. The van der Waals surface area contributed by atoms with Crippen molar-refractivity contribution in [3.63, 3.8) is 0 Å². The van der Waals surface area contributed by atoms with Crippen LogP contribution in [-0.2, 0) is 22.6 Å². The third-order valence-corrected chi connectivity index (χ3v) is 8.34. The van der Waals surface area contributed by atoms with Gasteiger partial charge in [-0.1, -0.05) is 72.8 Å². The average Bonchev–Trinajstić information content (AvgIpc) is 3.29. The van der Waals surface area contributed by atoms with E-state index in [4.69, 9.17) is 9.47 Å². The molecule has 232 valence electrons. The lowest BCUT2D eigenvalue weighted by Gasteiger charge is -2.38. The molecule has 2 heterocycles. The lowest BCUT2D eigenvalue weighted by molar-refractivity contribution is -0.252. The summed E-state index contributed by atoms with van der Waals surface area (Å²) < 4.78 is 12.9. The summed E-state index contributed by atoms with van der Waals surface area (Å²) in [5, 5.41) is 30.1. The highest BCUT2D eigenvalue weighted by Crippen LogP contribution is 2.38. The van der Waals surface area contributed by atoms with Crippen LogP contribution in [0.2, 0.25) is 0 Å². The van der Waals surface area contributed by atoms with Crippen molar-refractivity contribution in [1.82, 2.24) is 9.80 Å². The molecule has 0 aliphatic carbocycles. The molecule has 4 aromatic carbocycles. The molecule has 1 fully saturated rings. The molecule has 0 saturated carbocycles. The molecular weight excluding hydrogens is 572 g/mol. The van der Waals surface area contributed by atoms with Crippen LogP contribution < -0.4 is 0 Å². The summed E-state index contributed by atoms with van der Waals surface area (Å²) in [4.78, 5) is 28.9. The second-order valence-electron chi connectivity index (χ2n) is 11.7. The van der Waals surface area contributed by atoms with E-state index in [1.54, 1.807) is 48.5 Å². The van der Waals surface area contributed by atoms with Crippen molar-refractivity contribution in [3.8, 4) is 5.75 Å². The fourth-order valence-electron chi connectivity index (χ4n) is 5.93. The smallest absolute Gasteiger partial charge is 0.261 e. The number of carbonyl (C=O) groups is 2. The van der Waals surface area contributed by atoms with Gasteiger partial charge in [0.1, 0.15) is 5.75 Å². The van der Waals surface area contributed by atoms with Gasteiger partial charge in [-0.05, 0) is 53.6 Å². The zero-order chi connectivity index (χ0) is 31.5. The summed E-state index contributed by atoms with van der Waals surface area (Å²) in [5.41, 5.74) is 4.86. The number of likely N-dealkylation sites (N-methyl/N-ethyl adjacent to an activating group) is 1. The highest BCUT2D eigenvalue weighted by atomic mass is 16.7. The number of aromatic hydroxyl groups is 1. The Kier molecular flexibility index (Phi) is 9.07. The van der Waals surface area contributed by atoms with E-state index in [1.165, 1.54) is 4.90 Å². The van der Waals surface area contributed by atoms with Crippen LogP contribution in [0.15, 0.2) is 97.1 Å². The van der Waals surface area contributed by atoms with Crippen LogP contribution in [0, 0.1) is 0 Å². The van der Waals surface area contributed by atoms with Crippen molar-refractivity contribution in [1.29, 1.82) is 0 Å². The summed E-state index contributed by atoms with van der Waals surface area (Å²) in [7, 11) is 1.92. The van der Waals surface area contributed by atoms with E-state index < -0.39 is 12.4 Å². The first-order chi connectivity index (χ1) is 21.8. The molecule has 2 aliphatic heterocycles. The highest BCUT2D eigenvalue weighted by Gasteiger charge is 2.36. The van der Waals surface area contributed by atoms with Gasteiger partial charge in [0.2, 0.25) is 0 Å². The Bertz CT molecular complexity index is 1620. The normalized spacial score (nSPS) is 20.4. The zero-order valence-electron chi connectivity index (χ0n) is 25.0. The number of ether oxygens (including phenoxy) is 2. The number of nitrogens with zero attached hydrogens (tertiary/aromatic N) is 2. The number of fused-ring (bicyclic) bond motifs is 1. The molecule has 4 aromatic rings. The predicted molar refractivity (Wildman–Crippen MR) is 166 cm³/mol. The van der Waals surface area contributed by atoms with E-state index >= 15 is 0 Å². The van der Waals surface area contributed by atoms with Gasteiger partial charge in [0.25, 0.3) is 11.8 Å². The van der Waals surface area contributed by atoms with Crippen LogP contribution in [0.3, 0.4) is 0 Å². The second kappa shape index (κ2) is 13.3. The molecule has 45 heavy (non-hydrogen) atoms. The summed E-state index contributed by atoms with van der Waals surface area (Å²) in [6, 6.07) is 28.7. The third kappa shape index (κ3) is 6.83. The number of imide groups is 1. The number of benzene rings is 4. The van der Waals surface area contributed by atoms with Crippen molar-refractivity contribution in [2.24, 2.45) is 0 Å². The van der Waals surface area contributed by atoms with Crippen LogP contribution >= 0.6 is 0 Å². The van der Waals surface area contributed by atoms with Gasteiger partial charge in [-0.25, -0.2) is 0 Å². The Balaban J connectivity index is 1.16. The second-order valence-corrected chi connectivity index (χ2v) is 11.7. The third-order valence-electron chi connectivity index (χ3n) is 8.34. The van der Waals surface area contributed by atoms with Crippen LogP contribution in [0.4, 0.5) is 0 Å². The first kappa shape index (κ1) is 30.6. The van der Waals surface area contributed by atoms with Gasteiger partial charge in [-0.3, -0.25) is 14.5 Å². The summed E-state index contributed by atoms with van der Waals surface area (Å²) in [6.45, 7) is 0.989. The number of hydrogen-bond acceptors (Lipinski definition) is 8. The molecule has 2 amide bonds. The molecule has 9 nitrogen and oxygen atoms in total. The van der Waals surface area contributed by atoms with Crippen molar-refractivity contribution in [3.05, 3.63) is 136 Å². The van der Waals surface area contributed by atoms with Crippen LogP contribution in [0.5, 0.6) is 5.75 Å². The van der Waals surface area contributed by atoms with Crippen LogP contribution in [0.1, 0.15) is 73.5 Å². The maximum atomic E-state index is 12.8. The van der Waals surface area contributed by atoms with Crippen molar-refractivity contribution < 1.29 is 34.4 Å². The predicted octanol–water partition coefficient (Wildman–Crippen LogP) is 4.89. The molecule has 0 bridgehead atoms. The molecule has 9 heteroatoms. The Hall–Kier alpha value is -4.38. The topological polar surface area (TPSA) is 120 Å². The van der Waals surface area contributed by atoms with E-state index in [2.05, 4.69) is 0 Å². The number of phenols is 1. The lowest BCUT2D eigenvalue weighted by atomic mass is 9.99.